The summed E-state index contributed by atoms with van der Waals surface area (Å²) in [4.78, 5) is 13.3. The lowest BCUT2D eigenvalue weighted by Crippen LogP contribution is -2.38. The molecular formula is C21H26N6O. The predicted molar refractivity (Wildman–Crippen MR) is 110 cm³/mol. The Hall–Kier alpha value is -3.22. The molecule has 0 saturated carbocycles. The van der Waals surface area contributed by atoms with Gasteiger partial charge in [-0.25, -0.2) is 0 Å². The highest BCUT2D eigenvalue weighted by Gasteiger charge is 2.10. The van der Waals surface area contributed by atoms with Crippen molar-refractivity contribution in [2.75, 3.05) is 19.6 Å². The van der Waals surface area contributed by atoms with Gasteiger partial charge in [0.15, 0.2) is 11.8 Å². The number of hydrogen-bond acceptors (Lipinski definition) is 5. The summed E-state index contributed by atoms with van der Waals surface area (Å²) in [5, 5.41) is 10.6. The molecule has 2 heterocycles. The molecule has 0 aliphatic heterocycles. The van der Waals surface area contributed by atoms with Crippen molar-refractivity contribution in [3.05, 3.63) is 66.1 Å². The molecule has 146 valence electrons. The monoisotopic (exact) mass is 378 g/mol. The molecule has 1 unspecified atom stereocenters. The van der Waals surface area contributed by atoms with Gasteiger partial charge in [-0.1, -0.05) is 48.5 Å². The van der Waals surface area contributed by atoms with E-state index in [4.69, 9.17) is 9.52 Å². The van der Waals surface area contributed by atoms with Gasteiger partial charge in [0.25, 0.3) is 5.89 Å². The third-order valence-corrected chi connectivity index (χ3v) is 4.23. The van der Waals surface area contributed by atoms with E-state index in [1.54, 1.807) is 6.20 Å². The van der Waals surface area contributed by atoms with Gasteiger partial charge in [-0.15, -0.1) is 0 Å². The average molecular weight is 378 g/mol. The minimum absolute atomic E-state index is 0.356. The standard InChI is InChI=1S/C21H26N6O/c1-3-22-21(25-15-16(2)17-9-5-4-6-10-17)24-14-12-19-26-20(28-27-19)18-11-7-8-13-23-18/h4-11,13,16H,3,12,14-15H2,1-2H3,(H2,22,24,25). The van der Waals surface area contributed by atoms with Gasteiger partial charge in [-0.3, -0.25) is 9.98 Å². The van der Waals surface area contributed by atoms with Crippen LogP contribution in [0.3, 0.4) is 0 Å². The summed E-state index contributed by atoms with van der Waals surface area (Å²) < 4.78 is 5.29. The molecule has 0 saturated heterocycles. The Bertz CT molecular complexity index is 863. The summed E-state index contributed by atoms with van der Waals surface area (Å²) in [6.07, 6.45) is 2.34. The topological polar surface area (TPSA) is 88.2 Å². The van der Waals surface area contributed by atoms with Crippen molar-refractivity contribution >= 4 is 5.96 Å². The first-order chi connectivity index (χ1) is 13.8. The van der Waals surface area contributed by atoms with E-state index < -0.39 is 0 Å². The first kappa shape index (κ1) is 19.5. The zero-order valence-corrected chi connectivity index (χ0v) is 16.3. The van der Waals surface area contributed by atoms with Crippen molar-refractivity contribution in [2.24, 2.45) is 4.99 Å². The molecule has 1 aromatic carbocycles. The highest BCUT2D eigenvalue weighted by Crippen LogP contribution is 2.15. The second-order valence-corrected chi connectivity index (χ2v) is 6.44. The quantitative estimate of drug-likeness (QED) is 0.463. The second-order valence-electron chi connectivity index (χ2n) is 6.44. The van der Waals surface area contributed by atoms with Gasteiger partial charge >= 0.3 is 0 Å². The van der Waals surface area contributed by atoms with Crippen LogP contribution in [0.5, 0.6) is 0 Å². The molecule has 7 heteroatoms. The van der Waals surface area contributed by atoms with E-state index in [0.29, 0.717) is 42.8 Å². The summed E-state index contributed by atoms with van der Waals surface area (Å²) in [6.45, 7) is 6.41. The molecule has 2 aromatic heterocycles. The number of hydrogen-bond donors (Lipinski definition) is 2. The molecule has 0 radical (unpaired) electrons. The maximum Gasteiger partial charge on any atom is 0.276 e. The number of rotatable bonds is 8. The molecule has 7 nitrogen and oxygen atoms in total. The fraction of sp³-hybridized carbons (Fsp3) is 0.333. The largest absolute Gasteiger partial charge is 0.357 e. The first-order valence-electron chi connectivity index (χ1n) is 9.57. The molecule has 3 rings (SSSR count). The molecule has 0 fully saturated rings. The van der Waals surface area contributed by atoms with E-state index in [2.05, 4.69) is 63.9 Å². The van der Waals surface area contributed by atoms with Gasteiger partial charge in [-0.2, -0.15) is 4.98 Å². The Morgan fingerprint density at radius 2 is 1.93 bits per heavy atom. The fourth-order valence-electron chi connectivity index (χ4n) is 2.70. The van der Waals surface area contributed by atoms with Crippen molar-refractivity contribution in [3.8, 4) is 11.6 Å². The second kappa shape index (κ2) is 10.2. The molecule has 0 aliphatic carbocycles. The number of aromatic nitrogens is 3. The fourth-order valence-corrected chi connectivity index (χ4v) is 2.70. The molecule has 0 aliphatic rings. The van der Waals surface area contributed by atoms with Crippen LogP contribution in [-0.2, 0) is 6.42 Å². The molecule has 3 aromatic rings. The minimum Gasteiger partial charge on any atom is -0.357 e. The summed E-state index contributed by atoms with van der Waals surface area (Å²) in [6, 6.07) is 16.0. The van der Waals surface area contributed by atoms with Gasteiger partial charge in [0.05, 0.1) is 0 Å². The Morgan fingerprint density at radius 3 is 2.68 bits per heavy atom. The van der Waals surface area contributed by atoms with Crippen LogP contribution < -0.4 is 10.6 Å². The number of aliphatic imine (C=N–C) groups is 1. The van der Waals surface area contributed by atoms with Crippen LogP contribution in [0.2, 0.25) is 0 Å². The van der Waals surface area contributed by atoms with Gasteiger partial charge in [0.2, 0.25) is 0 Å². The zero-order valence-electron chi connectivity index (χ0n) is 16.3. The molecule has 0 amide bonds. The third-order valence-electron chi connectivity index (χ3n) is 4.23. The van der Waals surface area contributed by atoms with Crippen molar-refractivity contribution in [1.82, 2.24) is 25.8 Å². The lowest BCUT2D eigenvalue weighted by molar-refractivity contribution is 0.421. The van der Waals surface area contributed by atoms with E-state index >= 15 is 0 Å². The van der Waals surface area contributed by atoms with Crippen LogP contribution >= 0.6 is 0 Å². The van der Waals surface area contributed by atoms with Crippen LogP contribution in [0.15, 0.2) is 64.2 Å². The molecule has 0 spiro atoms. The van der Waals surface area contributed by atoms with E-state index in [0.717, 1.165) is 12.5 Å². The van der Waals surface area contributed by atoms with Crippen LogP contribution in [0.1, 0.15) is 31.2 Å². The van der Waals surface area contributed by atoms with Crippen molar-refractivity contribution < 1.29 is 4.52 Å². The molecule has 28 heavy (non-hydrogen) atoms. The Morgan fingerprint density at radius 1 is 1.11 bits per heavy atom. The van der Waals surface area contributed by atoms with E-state index in [-0.39, 0.29) is 0 Å². The maximum atomic E-state index is 5.29. The van der Waals surface area contributed by atoms with Gasteiger partial charge in [0, 0.05) is 38.2 Å². The first-order valence-corrected chi connectivity index (χ1v) is 9.57. The summed E-state index contributed by atoms with van der Waals surface area (Å²) in [7, 11) is 0. The summed E-state index contributed by atoms with van der Waals surface area (Å²) >= 11 is 0. The summed E-state index contributed by atoms with van der Waals surface area (Å²) in [5.74, 6) is 2.23. The van der Waals surface area contributed by atoms with E-state index in [1.165, 1.54) is 5.56 Å². The number of pyridine rings is 1. The smallest absolute Gasteiger partial charge is 0.276 e. The molecular weight excluding hydrogens is 352 g/mol. The van der Waals surface area contributed by atoms with E-state index in [9.17, 15) is 0 Å². The average Bonchev–Trinajstić information content (AvgIpc) is 3.22. The highest BCUT2D eigenvalue weighted by atomic mass is 16.5. The Kier molecular flexibility index (Phi) is 7.12. The lowest BCUT2D eigenvalue weighted by atomic mass is 10.0. The molecule has 0 bridgehead atoms. The predicted octanol–water partition coefficient (Wildman–Crippen LogP) is 3.03. The third kappa shape index (κ3) is 5.64. The van der Waals surface area contributed by atoms with Crippen molar-refractivity contribution in [3.63, 3.8) is 0 Å². The summed E-state index contributed by atoms with van der Waals surface area (Å²) in [5.41, 5.74) is 1.97. The zero-order chi connectivity index (χ0) is 19.6. The molecule has 1 atom stereocenters. The number of nitrogens with one attached hydrogen (secondary N) is 2. The van der Waals surface area contributed by atoms with Crippen molar-refractivity contribution in [1.29, 1.82) is 0 Å². The van der Waals surface area contributed by atoms with E-state index in [1.807, 2.05) is 24.3 Å². The molecule has 2 N–H and O–H groups in total. The van der Waals surface area contributed by atoms with Crippen LogP contribution in [0.25, 0.3) is 11.6 Å². The highest BCUT2D eigenvalue weighted by molar-refractivity contribution is 5.79. The van der Waals surface area contributed by atoms with Gasteiger partial charge in [0.1, 0.15) is 5.69 Å². The van der Waals surface area contributed by atoms with Crippen LogP contribution in [0, 0.1) is 0 Å². The number of benzene rings is 1. The van der Waals surface area contributed by atoms with Gasteiger partial charge < -0.3 is 15.2 Å². The SMILES string of the molecule is CCNC(=NCC(C)c1ccccc1)NCCc1noc(-c2ccccn2)n1. The normalized spacial score (nSPS) is 12.6. The van der Waals surface area contributed by atoms with Gasteiger partial charge in [-0.05, 0) is 24.6 Å². The minimum atomic E-state index is 0.356. The van der Waals surface area contributed by atoms with Crippen LogP contribution in [-0.4, -0.2) is 40.7 Å². The maximum absolute atomic E-state index is 5.29. The lowest BCUT2D eigenvalue weighted by Gasteiger charge is -2.13. The van der Waals surface area contributed by atoms with Crippen molar-refractivity contribution in [2.45, 2.75) is 26.2 Å². The number of guanidine groups is 1. The Labute approximate surface area is 165 Å². The Balaban J connectivity index is 1.51. The van der Waals surface area contributed by atoms with Crippen LogP contribution in [0.4, 0.5) is 0 Å². The number of nitrogens with zero attached hydrogens (tertiary/aromatic N) is 4.